The maximum absolute atomic E-state index is 11.3. The minimum absolute atomic E-state index is 0.352. The highest BCUT2D eigenvalue weighted by molar-refractivity contribution is 7.92. The van der Waals surface area contributed by atoms with Crippen molar-refractivity contribution < 1.29 is 8.42 Å². The van der Waals surface area contributed by atoms with Crippen LogP contribution < -0.4 is 4.72 Å². The standard InChI is InChI=1S/C15H18N2O2S/c1-11(2)14-8-5-9-16-15(14)12-6-4-7-13(10-12)17-20(3,18)19/h4-11,17H,1-3H3. The van der Waals surface area contributed by atoms with Crippen molar-refractivity contribution in [1.29, 1.82) is 0 Å². The Hall–Kier alpha value is -1.88. The van der Waals surface area contributed by atoms with Crippen molar-refractivity contribution >= 4 is 15.7 Å². The van der Waals surface area contributed by atoms with E-state index in [1.165, 1.54) is 0 Å². The van der Waals surface area contributed by atoms with Crippen LogP contribution in [0, 0.1) is 0 Å². The topological polar surface area (TPSA) is 59.1 Å². The van der Waals surface area contributed by atoms with Crippen molar-refractivity contribution in [3.05, 3.63) is 48.2 Å². The highest BCUT2D eigenvalue weighted by Gasteiger charge is 2.10. The van der Waals surface area contributed by atoms with Gasteiger partial charge < -0.3 is 0 Å². The van der Waals surface area contributed by atoms with E-state index < -0.39 is 10.0 Å². The summed E-state index contributed by atoms with van der Waals surface area (Å²) in [6, 6.07) is 11.2. The van der Waals surface area contributed by atoms with Gasteiger partial charge in [-0.2, -0.15) is 0 Å². The van der Waals surface area contributed by atoms with E-state index in [2.05, 4.69) is 23.6 Å². The Morgan fingerprint density at radius 3 is 2.55 bits per heavy atom. The zero-order valence-corrected chi connectivity index (χ0v) is 12.6. The van der Waals surface area contributed by atoms with Crippen LogP contribution in [0.4, 0.5) is 5.69 Å². The summed E-state index contributed by atoms with van der Waals surface area (Å²) in [6.07, 6.45) is 2.89. The molecule has 5 heteroatoms. The molecule has 0 fully saturated rings. The third kappa shape index (κ3) is 3.57. The molecule has 1 aromatic carbocycles. The van der Waals surface area contributed by atoms with E-state index in [4.69, 9.17) is 0 Å². The molecule has 2 rings (SSSR count). The quantitative estimate of drug-likeness (QED) is 0.940. The molecule has 0 aliphatic heterocycles. The van der Waals surface area contributed by atoms with E-state index in [0.717, 1.165) is 23.1 Å². The molecule has 106 valence electrons. The van der Waals surface area contributed by atoms with Gasteiger partial charge in [0.15, 0.2) is 0 Å². The van der Waals surface area contributed by atoms with Crippen LogP contribution in [0.2, 0.25) is 0 Å². The van der Waals surface area contributed by atoms with Gasteiger partial charge in [-0.25, -0.2) is 8.42 Å². The third-order valence-electron chi connectivity index (χ3n) is 2.90. The van der Waals surface area contributed by atoms with Gasteiger partial charge >= 0.3 is 0 Å². The first kappa shape index (κ1) is 14.5. The van der Waals surface area contributed by atoms with E-state index in [1.807, 2.05) is 24.3 Å². The summed E-state index contributed by atoms with van der Waals surface area (Å²) in [6.45, 7) is 4.22. The third-order valence-corrected chi connectivity index (χ3v) is 3.51. The molecular formula is C15H18N2O2S. The number of benzene rings is 1. The van der Waals surface area contributed by atoms with Gasteiger partial charge in [0.05, 0.1) is 11.9 Å². The molecule has 4 nitrogen and oxygen atoms in total. The van der Waals surface area contributed by atoms with Gasteiger partial charge in [-0.15, -0.1) is 0 Å². The van der Waals surface area contributed by atoms with Crippen LogP contribution in [-0.4, -0.2) is 19.7 Å². The average molecular weight is 290 g/mol. The second-order valence-corrected chi connectivity index (χ2v) is 6.80. The van der Waals surface area contributed by atoms with Crippen molar-refractivity contribution in [2.75, 3.05) is 11.0 Å². The first-order valence-electron chi connectivity index (χ1n) is 6.40. The van der Waals surface area contributed by atoms with Crippen LogP contribution in [0.5, 0.6) is 0 Å². The Bertz CT molecular complexity index is 709. The lowest BCUT2D eigenvalue weighted by atomic mass is 9.97. The fourth-order valence-corrected chi connectivity index (χ4v) is 2.62. The highest BCUT2D eigenvalue weighted by atomic mass is 32.2. The second kappa shape index (κ2) is 5.63. The van der Waals surface area contributed by atoms with Gasteiger partial charge in [-0.3, -0.25) is 9.71 Å². The predicted molar refractivity (Wildman–Crippen MR) is 82.2 cm³/mol. The number of aromatic nitrogens is 1. The van der Waals surface area contributed by atoms with Crippen LogP contribution in [0.1, 0.15) is 25.3 Å². The van der Waals surface area contributed by atoms with Crippen molar-refractivity contribution in [2.45, 2.75) is 19.8 Å². The lowest BCUT2D eigenvalue weighted by molar-refractivity contribution is 0.607. The lowest BCUT2D eigenvalue weighted by Crippen LogP contribution is -2.09. The molecule has 1 N–H and O–H groups in total. The molecule has 20 heavy (non-hydrogen) atoms. The monoisotopic (exact) mass is 290 g/mol. The number of nitrogens with zero attached hydrogens (tertiary/aromatic N) is 1. The maximum atomic E-state index is 11.3. The summed E-state index contributed by atoms with van der Waals surface area (Å²) >= 11 is 0. The minimum Gasteiger partial charge on any atom is -0.284 e. The number of nitrogens with one attached hydrogen (secondary N) is 1. The molecule has 0 bridgehead atoms. The van der Waals surface area contributed by atoms with Gasteiger partial charge in [0.25, 0.3) is 0 Å². The lowest BCUT2D eigenvalue weighted by Gasteiger charge is -2.12. The number of rotatable bonds is 4. The van der Waals surface area contributed by atoms with Crippen LogP contribution in [-0.2, 0) is 10.0 Å². The molecule has 1 heterocycles. The Kier molecular flexibility index (Phi) is 4.09. The largest absolute Gasteiger partial charge is 0.284 e. The highest BCUT2D eigenvalue weighted by Crippen LogP contribution is 2.28. The molecule has 0 atom stereocenters. The Labute approximate surface area is 119 Å². The minimum atomic E-state index is -3.27. The molecule has 0 aliphatic rings. The predicted octanol–water partition coefficient (Wildman–Crippen LogP) is 3.24. The summed E-state index contributed by atoms with van der Waals surface area (Å²) in [7, 11) is -3.27. The Morgan fingerprint density at radius 2 is 1.90 bits per heavy atom. The molecule has 0 saturated carbocycles. The molecule has 1 aromatic heterocycles. The SMILES string of the molecule is CC(C)c1cccnc1-c1cccc(NS(C)(=O)=O)c1. The average Bonchev–Trinajstić information content (AvgIpc) is 2.37. The zero-order chi connectivity index (χ0) is 14.8. The van der Waals surface area contributed by atoms with Crippen LogP contribution in [0.15, 0.2) is 42.6 Å². The molecular weight excluding hydrogens is 272 g/mol. The second-order valence-electron chi connectivity index (χ2n) is 5.05. The molecule has 0 amide bonds. The number of hydrogen-bond donors (Lipinski definition) is 1. The first-order valence-corrected chi connectivity index (χ1v) is 8.29. The summed E-state index contributed by atoms with van der Waals surface area (Å²) in [5.74, 6) is 0.352. The summed E-state index contributed by atoms with van der Waals surface area (Å²) in [4.78, 5) is 4.43. The Morgan fingerprint density at radius 1 is 1.15 bits per heavy atom. The molecule has 0 unspecified atom stereocenters. The van der Waals surface area contributed by atoms with Crippen LogP contribution in [0.3, 0.4) is 0 Å². The van der Waals surface area contributed by atoms with E-state index in [0.29, 0.717) is 11.6 Å². The van der Waals surface area contributed by atoms with Crippen molar-refractivity contribution in [2.24, 2.45) is 0 Å². The van der Waals surface area contributed by atoms with E-state index in [-0.39, 0.29) is 0 Å². The van der Waals surface area contributed by atoms with Crippen LogP contribution >= 0.6 is 0 Å². The van der Waals surface area contributed by atoms with E-state index in [9.17, 15) is 8.42 Å². The van der Waals surface area contributed by atoms with Crippen molar-refractivity contribution in [1.82, 2.24) is 4.98 Å². The van der Waals surface area contributed by atoms with E-state index in [1.54, 1.807) is 18.3 Å². The number of anilines is 1. The van der Waals surface area contributed by atoms with Crippen molar-refractivity contribution in [3.63, 3.8) is 0 Å². The molecule has 0 radical (unpaired) electrons. The Balaban J connectivity index is 2.46. The summed E-state index contributed by atoms with van der Waals surface area (Å²) < 4.78 is 25.1. The number of hydrogen-bond acceptors (Lipinski definition) is 3. The number of pyridine rings is 1. The van der Waals surface area contributed by atoms with Crippen LogP contribution in [0.25, 0.3) is 11.3 Å². The van der Waals surface area contributed by atoms with Gasteiger partial charge in [-0.1, -0.05) is 32.0 Å². The smallest absolute Gasteiger partial charge is 0.229 e. The van der Waals surface area contributed by atoms with Gasteiger partial charge in [-0.05, 0) is 29.7 Å². The molecule has 0 saturated heterocycles. The molecule has 0 spiro atoms. The first-order chi connectivity index (χ1) is 9.37. The summed E-state index contributed by atoms with van der Waals surface area (Å²) in [5, 5.41) is 0. The van der Waals surface area contributed by atoms with Gasteiger partial charge in [0.1, 0.15) is 0 Å². The molecule has 2 aromatic rings. The maximum Gasteiger partial charge on any atom is 0.229 e. The normalized spacial score (nSPS) is 11.6. The fourth-order valence-electron chi connectivity index (χ4n) is 2.07. The molecule has 0 aliphatic carbocycles. The van der Waals surface area contributed by atoms with Crippen molar-refractivity contribution in [3.8, 4) is 11.3 Å². The van der Waals surface area contributed by atoms with E-state index >= 15 is 0 Å². The zero-order valence-electron chi connectivity index (χ0n) is 11.8. The van der Waals surface area contributed by atoms with Gasteiger partial charge in [0.2, 0.25) is 10.0 Å². The fraction of sp³-hybridized carbons (Fsp3) is 0.267. The number of sulfonamides is 1. The van der Waals surface area contributed by atoms with Gasteiger partial charge in [0, 0.05) is 17.4 Å². The summed E-state index contributed by atoms with van der Waals surface area (Å²) in [5.41, 5.74) is 3.48.